The van der Waals surface area contributed by atoms with Crippen molar-refractivity contribution in [1.29, 1.82) is 0 Å². The fourth-order valence-electron chi connectivity index (χ4n) is 1.64. The molecule has 0 aromatic rings. The van der Waals surface area contributed by atoms with Crippen LogP contribution in [-0.2, 0) is 9.59 Å². The van der Waals surface area contributed by atoms with Gasteiger partial charge in [0.15, 0.2) is 0 Å². The fraction of sp³-hybridized carbons (Fsp3) is 0.636. The van der Waals surface area contributed by atoms with Crippen LogP contribution in [0.5, 0.6) is 0 Å². The van der Waals surface area contributed by atoms with E-state index < -0.39 is 5.97 Å². The Kier molecular flexibility index (Phi) is 3.88. The maximum absolute atomic E-state index is 11.6. The Bertz CT molecular complexity index is 286. The SMILES string of the molecule is C=C(CN1CCC(C)CCC1=O)C(=O)O. The standard InChI is InChI=1S/C11H17NO3/c1-8-3-4-10(13)12(6-5-8)7-9(2)11(14)15/h8H,2-7H2,1H3,(H,14,15). The highest BCUT2D eigenvalue weighted by atomic mass is 16.4. The number of nitrogens with zero attached hydrogens (tertiary/aromatic N) is 1. The highest BCUT2D eigenvalue weighted by Gasteiger charge is 2.21. The number of carboxylic acid groups (broad SMARTS) is 1. The van der Waals surface area contributed by atoms with E-state index in [-0.39, 0.29) is 18.0 Å². The zero-order valence-electron chi connectivity index (χ0n) is 9.03. The summed E-state index contributed by atoms with van der Waals surface area (Å²) < 4.78 is 0. The smallest absolute Gasteiger partial charge is 0.332 e. The molecule has 0 aromatic heterocycles. The summed E-state index contributed by atoms with van der Waals surface area (Å²) in [4.78, 5) is 23.8. The first-order valence-corrected chi connectivity index (χ1v) is 5.19. The van der Waals surface area contributed by atoms with E-state index in [4.69, 9.17) is 5.11 Å². The molecule has 1 unspecified atom stereocenters. The van der Waals surface area contributed by atoms with Crippen molar-refractivity contribution in [3.8, 4) is 0 Å². The van der Waals surface area contributed by atoms with Crippen LogP contribution in [0, 0.1) is 5.92 Å². The molecule has 0 radical (unpaired) electrons. The molecule has 1 N–H and O–H groups in total. The van der Waals surface area contributed by atoms with E-state index in [1.54, 1.807) is 4.90 Å². The van der Waals surface area contributed by atoms with Crippen LogP contribution in [0.1, 0.15) is 26.2 Å². The lowest BCUT2D eigenvalue weighted by molar-refractivity contribution is -0.133. The van der Waals surface area contributed by atoms with E-state index in [9.17, 15) is 9.59 Å². The molecular weight excluding hydrogens is 194 g/mol. The third kappa shape index (κ3) is 3.38. The molecule has 1 atom stereocenters. The molecule has 84 valence electrons. The largest absolute Gasteiger partial charge is 0.478 e. The number of aliphatic carboxylic acids is 1. The van der Waals surface area contributed by atoms with Crippen LogP contribution in [-0.4, -0.2) is 35.0 Å². The van der Waals surface area contributed by atoms with Gasteiger partial charge in [0.05, 0.1) is 6.54 Å². The Morgan fingerprint density at radius 2 is 2.27 bits per heavy atom. The molecule has 1 fully saturated rings. The van der Waals surface area contributed by atoms with Crippen LogP contribution in [0.15, 0.2) is 12.2 Å². The number of carboxylic acids is 1. The van der Waals surface area contributed by atoms with Gasteiger partial charge < -0.3 is 10.0 Å². The second-order valence-electron chi connectivity index (χ2n) is 4.16. The van der Waals surface area contributed by atoms with Gasteiger partial charge in [-0.15, -0.1) is 0 Å². The van der Waals surface area contributed by atoms with Crippen molar-refractivity contribution in [2.75, 3.05) is 13.1 Å². The molecule has 4 heteroatoms. The molecule has 1 amide bonds. The molecule has 1 saturated heterocycles. The summed E-state index contributed by atoms with van der Waals surface area (Å²) in [5, 5.41) is 8.68. The number of rotatable bonds is 3. The van der Waals surface area contributed by atoms with Crippen molar-refractivity contribution in [1.82, 2.24) is 4.90 Å². The first-order valence-electron chi connectivity index (χ1n) is 5.19. The quantitative estimate of drug-likeness (QED) is 0.715. The van der Waals surface area contributed by atoms with Gasteiger partial charge in [-0.05, 0) is 18.8 Å². The highest BCUT2D eigenvalue weighted by Crippen LogP contribution is 2.17. The summed E-state index contributed by atoms with van der Waals surface area (Å²) in [6, 6.07) is 0. The first-order chi connectivity index (χ1) is 7.00. The van der Waals surface area contributed by atoms with Crippen molar-refractivity contribution in [2.45, 2.75) is 26.2 Å². The van der Waals surface area contributed by atoms with Gasteiger partial charge in [-0.25, -0.2) is 4.79 Å². The Hall–Kier alpha value is -1.32. The van der Waals surface area contributed by atoms with E-state index in [0.717, 1.165) is 12.8 Å². The highest BCUT2D eigenvalue weighted by molar-refractivity contribution is 5.87. The predicted octanol–water partition coefficient (Wildman–Crippen LogP) is 1.28. The van der Waals surface area contributed by atoms with Gasteiger partial charge in [-0.3, -0.25) is 4.79 Å². The second kappa shape index (κ2) is 4.96. The molecule has 4 nitrogen and oxygen atoms in total. The van der Waals surface area contributed by atoms with Crippen LogP contribution in [0.4, 0.5) is 0 Å². The summed E-state index contributed by atoms with van der Waals surface area (Å²) >= 11 is 0. The summed E-state index contributed by atoms with van der Waals surface area (Å²) in [6.45, 7) is 6.35. The van der Waals surface area contributed by atoms with Crippen LogP contribution in [0.3, 0.4) is 0 Å². The number of amides is 1. The predicted molar refractivity (Wildman–Crippen MR) is 56.4 cm³/mol. The van der Waals surface area contributed by atoms with Gasteiger partial charge in [-0.2, -0.15) is 0 Å². The summed E-state index contributed by atoms with van der Waals surface area (Å²) in [6.07, 6.45) is 2.36. The number of carbonyl (C=O) groups excluding carboxylic acids is 1. The Labute approximate surface area is 89.6 Å². The molecule has 15 heavy (non-hydrogen) atoms. The van der Waals surface area contributed by atoms with Gasteiger partial charge in [0.25, 0.3) is 0 Å². The van der Waals surface area contributed by atoms with E-state index in [1.165, 1.54) is 0 Å². The van der Waals surface area contributed by atoms with Gasteiger partial charge >= 0.3 is 5.97 Å². The summed E-state index contributed by atoms with van der Waals surface area (Å²) in [5.74, 6) is -0.445. The van der Waals surface area contributed by atoms with Crippen molar-refractivity contribution < 1.29 is 14.7 Å². The molecule has 1 aliphatic heterocycles. The van der Waals surface area contributed by atoms with Crippen molar-refractivity contribution in [2.24, 2.45) is 5.92 Å². The van der Waals surface area contributed by atoms with Crippen molar-refractivity contribution in [3.63, 3.8) is 0 Å². The average Bonchev–Trinajstić information content (AvgIpc) is 2.32. The monoisotopic (exact) mass is 211 g/mol. The first kappa shape index (κ1) is 11.8. The number of hydrogen-bond acceptors (Lipinski definition) is 2. The topological polar surface area (TPSA) is 57.6 Å². The Morgan fingerprint density at radius 1 is 1.60 bits per heavy atom. The van der Waals surface area contributed by atoms with E-state index in [1.807, 2.05) is 0 Å². The fourth-order valence-corrected chi connectivity index (χ4v) is 1.64. The lowest BCUT2D eigenvalue weighted by Crippen LogP contribution is -2.33. The van der Waals surface area contributed by atoms with Crippen molar-refractivity contribution in [3.05, 3.63) is 12.2 Å². The molecule has 1 aliphatic rings. The molecule has 0 spiro atoms. The normalized spacial score (nSPS) is 22.3. The lowest BCUT2D eigenvalue weighted by Gasteiger charge is -2.20. The van der Waals surface area contributed by atoms with E-state index >= 15 is 0 Å². The van der Waals surface area contributed by atoms with Gasteiger partial charge in [-0.1, -0.05) is 13.5 Å². The number of hydrogen-bond donors (Lipinski definition) is 1. The van der Waals surface area contributed by atoms with Crippen LogP contribution >= 0.6 is 0 Å². The zero-order chi connectivity index (χ0) is 11.4. The minimum Gasteiger partial charge on any atom is -0.478 e. The van der Waals surface area contributed by atoms with E-state index in [2.05, 4.69) is 13.5 Å². The Morgan fingerprint density at radius 3 is 2.87 bits per heavy atom. The number of likely N-dealkylation sites (tertiary alicyclic amines) is 1. The molecule has 1 rings (SSSR count). The van der Waals surface area contributed by atoms with Gasteiger partial charge in [0.2, 0.25) is 5.91 Å². The number of carbonyl (C=O) groups is 2. The molecule has 0 aromatic carbocycles. The third-order valence-electron chi connectivity index (χ3n) is 2.78. The van der Waals surface area contributed by atoms with Crippen LogP contribution in [0.25, 0.3) is 0 Å². The molecule has 0 bridgehead atoms. The van der Waals surface area contributed by atoms with Crippen molar-refractivity contribution >= 4 is 11.9 Å². The molecular formula is C11H17NO3. The van der Waals surface area contributed by atoms with E-state index in [0.29, 0.717) is 18.9 Å². The zero-order valence-corrected chi connectivity index (χ0v) is 9.03. The molecule has 0 aliphatic carbocycles. The summed E-state index contributed by atoms with van der Waals surface area (Å²) in [7, 11) is 0. The van der Waals surface area contributed by atoms with Gasteiger partial charge in [0, 0.05) is 18.5 Å². The molecule has 0 saturated carbocycles. The van der Waals surface area contributed by atoms with Crippen LogP contribution < -0.4 is 0 Å². The summed E-state index contributed by atoms with van der Waals surface area (Å²) in [5.41, 5.74) is 0.0814. The maximum atomic E-state index is 11.6. The minimum atomic E-state index is -1.03. The maximum Gasteiger partial charge on any atom is 0.332 e. The molecule has 1 heterocycles. The van der Waals surface area contributed by atoms with Crippen LogP contribution in [0.2, 0.25) is 0 Å². The second-order valence-corrected chi connectivity index (χ2v) is 4.16. The minimum absolute atomic E-state index is 0.0433. The average molecular weight is 211 g/mol. The Balaban J connectivity index is 2.56. The third-order valence-corrected chi connectivity index (χ3v) is 2.78. The van der Waals surface area contributed by atoms with Gasteiger partial charge in [0.1, 0.15) is 0 Å². The lowest BCUT2D eigenvalue weighted by atomic mass is 10.0.